The summed E-state index contributed by atoms with van der Waals surface area (Å²) in [5.74, 6) is -4.80. The number of ether oxygens (including phenoxy) is 1. The van der Waals surface area contributed by atoms with Crippen LogP contribution in [0.1, 0.15) is 29.9 Å². The zero-order chi connectivity index (χ0) is 34.2. The maximum atomic E-state index is 15.3. The highest BCUT2D eigenvalue weighted by atomic mass is 127. The Morgan fingerprint density at radius 3 is 2.27 bits per heavy atom. The van der Waals surface area contributed by atoms with Gasteiger partial charge in [0.15, 0.2) is 0 Å². The lowest BCUT2D eigenvalue weighted by Crippen LogP contribution is -2.53. The molecule has 8 rings (SSSR count). The number of benzene rings is 4. The monoisotopic (exact) mass is 784 g/mol. The van der Waals surface area contributed by atoms with Gasteiger partial charge in [-0.25, -0.2) is 4.90 Å². The van der Waals surface area contributed by atoms with Crippen molar-refractivity contribution in [2.45, 2.75) is 24.2 Å². The summed E-state index contributed by atoms with van der Waals surface area (Å²) in [5.41, 5.74) is 1.19. The van der Waals surface area contributed by atoms with Gasteiger partial charge in [0.05, 0.1) is 41.7 Å². The van der Waals surface area contributed by atoms with Crippen LogP contribution in [0.2, 0.25) is 5.02 Å². The largest absolute Gasteiger partial charge is 0.508 e. The van der Waals surface area contributed by atoms with E-state index < -0.39 is 46.8 Å². The molecule has 10 heteroatoms. The van der Waals surface area contributed by atoms with Crippen LogP contribution in [0.4, 0.5) is 11.4 Å². The molecule has 1 saturated carbocycles. The van der Waals surface area contributed by atoms with Crippen molar-refractivity contribution in [3.8, 4) is 11.5 Å². The molecular weight excluding hydrogens is 755 g/mol. The molecule has 2 aliphatic carbocycles. The zero-order valence-electron chi connectivity index (χ0n) is 26.3. The molecule has 6 atom stereocenters. The van der Waals surface area contributed by atoms with Gasteiger partial charge in [0, 0.05) is 26.1 Å². The van der Waals surface area contributed by atoms with E-state index in [-0.39, 0.29) is 30.4 Å². The second-order valence-corrected chi connectivity index (χ2v) is 14.7. The summed E-state index contributed by atoms with van der Waals surface area (Å²) in [6.07, 6.45) is 2.42. The Hall–Kier alpha value is -4.48. The second kappa shape index (κ2) is 11.8. The summed E-state index contributed by atoms with van der Waals surface area (Å²) >= 11 is 8.56. The summed E-state index contributed by atoms with van der Waals surface area (Å²) in [6, 6.07) is 28.0. The van der Waals surface area contributed by atoms with Crippen LogP contribution in [0, 0.1) is 27.2 Å². The molecule has 0 bridgehead atoms. The Bertz CT molecular complexity index is 2080. The molecule has 8 nitrogen and oxygen atoms in total. The highest BCUT2D eigenvalue weighted by Crippen LogP contribution is 2.65. The Morgan fingerprint density at radius 2 is 1.57 bits per heavy atom. The van der Waals surface area contributed by atoms with Crippen molar-refractivity contribution in [2.75, 3.05) is 16.9 Å². The topological polar surface area (TPSA) is 104 Å². The number of anilines is 2. The Morgan fingerprint density at radius 1 is 0.816 bits per heavy atom. The van der Waals surface area contributed by atoms with Gasteiger partial charge < -0.3 is 9.84 Å². The lowest BCUT2D eigenvalue weighted by atomic mass is 9.49. The maximum Gasteiger partial charge on any atom is 0.246 e. The van der Waals surface area contributed by atoms with Gasteiger partial charge in [-0.1, -0.05) is 65.7 Å². The lowest BCUT2D eigenvalue weighted by molar-refractivity contribution is -0.127. The number of hydrogen-bond donors (Lipinski definition) is 1. The first-order valence-electron chi connectivity index (χ1n) is 16.1. The van der Waals surface area contributed by atoms with Crippen LogP contribution < -0.4 is 14.5 Å². The van der Waals surface area contributed by atoms with Crippen molar-refractivity contribution < 1.29 is 29.0 Å². The molecule has 0 aromatic heterocycles. The van der Waals surface area contributed by atoms with Crippen LogP contribution in [0.5, 0.6) is 11.5 Å². The van der Waals surface area contributed by atoms with Crippen LogP contribution in [0.15, 0.2) is 109 Å². The molecule has 49 heavy (non-hydrogen) atoms. The first-order valence-corrected chi connectivity index (χ1v) is 17.5. The van der Waals surface area contributed by atoms with E-state index in [1.165, 1.54) is 23.0 Å². The fourth-order valence-corrected chi connectivity index (χ4v) is 9.37. The first-order chi connectivity index (χ1) is 23.7. The van der Waals surface area contributed by atoms with E-state index in [1.807, 2.05) is 48.5 Å². The molecule has 0 spiro atoms. The quantitative estimate of drug-likeness (QED) is 0.133. The molecule has 246 valence electrons. The smallest absolute Gasteiger partial charge is 0.246 e. The summed E-state index contributed by atoms with van der Waals surface area (Å²) in [4.78, 5) is 61.0. The van der Waals surface area contributed by atoms with Crippen molar-refractivity contribution >= 4 is 69.2 Å². The highest BCUT2D eigenvalue weighted by Gasteiger charge is 2.70. The number of carbonyl (C=O) groups excluding carboxylic acids is 4. The average Bonchev–Trinajstić information content (AvgIpc) is 3.50. The molecular formula is C39H30ClIN2O6. The summed E-state index contributed by atoms with van der Waals surface area (Å²) < 4.78 is 6.38. The number of imide groups is 2. The number of methoxy groups -OCH3 is 1. The Kier molecular flexibility index (Phi) is 7.68. The van der Waals surface area contributed by atoms with E-state index in [4.69, 9.17) is 16.3 Å². The van der Waals surface area contributed by atoms with Crippen molar-refractivity contribution in [1.29, 1.82) is 0 Å². The van der Waals surface area contributed by atoms with Gasteiger partial charge >= 0.3 is 0 Å². The molecule has 3 fully saturated rings. The number of amides is 4. The fourth-order valence-electron chi connectivity index (χ4n) is 8.83. The van der Waals surface area contributed by atoms with Crippen LogP contribution in [-0.2, 0) is 24.6 Å². The van der Waals surface area contributed by atoms with Gasteiger partial charge in [0.2, 0.25) is 23.6 Å². The standard InChI is InChI=1S/C39H30ClIN2O6/c1-49-26-14-15-28(32(44)19-26)34-27-16-17-29-33(37(47)42(35(29)45)24-12-10-23(41)11-13-24)30(27)20-31-36(46)43(25-9-5-8-22(40)18-25)38(48)39(31,34)21-6-3-2-4-7-21/h2-16,18-19,29-31,33-34,44H,17,20H2,1H3. The van der Waals surface area contributed by atoms with Gasteiger partial charge in [0.1, 0.15) is 11.5 Å². The van der Waals surface area contributed by atoms with E-state index in [1.54, 1.807) is 48.5 Å². The van der Waals surface area contributed by atoms with Crippen molar-refractivity contribution in [1.82, 2.24) is 0 Å². The number of fused-ring (bicyclic) bond motifs is 4. The molecule has 2 saturated heterocycles. The minimum Gasteiger partial charge on any atom is -0.508 e. The van der Waals surface area contributed by atoms with E-state index in [9.17, 15) is 19.5 Å². The van der Waals surface area contributed by atoms with Crippen molar-refractivity contribution in [3.63, 3.8) is 0 Å². The summed E-state index contributed by atoms with van der Waals surface area (Å²) in [7, 11) is 1.50. The molecule has 4 aliphatic rings. The molecule has 1 N–H and O–H groups in total. The van der Waals surface area contributed by atoms with Gasteiger partial charge in [0.25, 0.3) is 0 Å². The van der Waals surface area contributed by atoms with E-state index in [2.05, 4.69) is 22.6 Å². The second-order valence-electron chi connectivity index (χ2n) is 13.0. The number of carbonyl (C=O) groups is 4. The molecule has 6 unspecified atom stereocenters. The van der Waals surface area contributed by atoms with E-state index >= 15 is 4.79 Å². The predicted octanol–water partition coefficient (Wildman–Crippen LogP) is 7.03. The molecule has 4 aromatic rings. The SMILES string of the molecule is COc1ccc(C2C3=CCC4C(=O)N(c5ccc(I)cc5)C(=O)C4C3CC3C(=O)N(c4cccc(Cl)c4)C(=O)C32c2ccccc2)c(O)c1. The molecule has 4 amide bonds. The van der Waals surface area contributed by atoms with Crippen molar-refractivity contribution in [2.24, 2.45) is 23.7 Å². The zero-order valence-corrected chi connectivity index (χ0v) is 29.2. The number of aromatic hydroxyl groups is 1. The molecule has 4 aromatic carbocycles. The molecule has 0 radical (unpaired) electrons. The predicted molar refractivity (Wildman–Crippen MR) is 192 cm³/mol. The minimum atomic E-state index is -1.48. The molecule has 2 aliphatic heterocycles. The van der Waals surface area contributed by atoms with Crippen LogP contribution in [-0.4, -0.2) is 35.8 Å². The summed E-state index contributed by atoms with van der Waals surface area (Å²) in [5, 5.41) is 12.0. The number of halogens is 2. The number of rotatable bonds is 5. The van der Waals surface area contributed by atoms with Gasteiger partial charge in [-0.15, -0.1) is 0 Å². The van der Waals surface area contributed by atoms with Crippen molar-refractivity contribution in [3.05, 3.63) is 128 Å². The lowest BCUT2D eigenvalue weighted by Gasteiger charge is -2.50. The number of phenols is 1. The average molecular weight is 785 g/mol. The third kappa shape index (κ3) is 4.61. The van der Waals surface area contributed by atoms with Crippen LogP contribution in [0.25, 0.3) is 0 Å². The van der Waals surface area contributed by atoms with E-state index in [0.29, 0.717) is 33.3 Å². The number of phenolic OH excluding ortho intramolecular Hbond substituents is 1. The van der Waals surface area contributed by atoms with Gasteiger partial charge in [-0.2, -0.15) is 0 Å². The maximum absolute atomic E-state index is 15.3. The Balaban J connectivity index is 1.36. The number of hydrogen-bond acceptors (Lipinski definition) is 6. The Labute approximate surface area is 301 Å². The number of allylic oxidation sites excluding steroid dienone is 2. The fraction of sp³-hybridized carbons (Fsp3) is 0.231. The summed E-state index contributed by atoms with van der Waals surface area (Å²) in [6.45, 7) is 0. The highest BCUT2D eigenvalue weighted by molar-refractivity contribution is 14.1. The van der Waals surface area contributed by atoms with Crippen LogP contribution >= 0.6 is 34.2 Å². The number of nitrogens with zero attached hydrogens (tertiary/aromatic N) is 2. The third-order valence-electron chi connectivity index (χ3n) is 10.8. The third-order valence-corrected chi connectivity index (χ3v) is 11.8. The normalized spacial score (nSPS) is 27.5. The van der Waals surface area contributed by atoms with Crippen LogP contribution in [0.3, 0.4) is 0 Å². The van der Waals surface area contributed by atoms with E-state index in [0.717, 1.165) is 9.14 Å². The first kappa shape index (κ1) is 31.8. The van der Waals surface area contributed by atoms with Gasteiger partial charge in [-0.05, 0) is 95.4 Å². The molecule has 2 heterocycles. The van der Waals surface area contributed by atoms with Gasteiger partial charge in [-0.3, -0.25) is 24.1 Å². The minimum absolute atomic E-state index is 0.0992.